The van der Waals surface area contributed by atoms with Crippen LogP contribution in [-0.4, -0.2) is 38.2 Å². The molecule has 0 aliphatic heterocycles. The molecule has 6 aromatic heterocycles. The molecular weight excluding hydrogens is 1150 g/mol. The first-order valence-electron chi connectivity index (χ1n) is 31.9. The summed E-state index contributed by atoms with van der Waals surface area (Å²) in [5.41, 5.74) is 21.7. The van der Waals surface area contributed by atoms with Crippen LogP contribution in [-0.2, 0) is 0 Å². The SMILES string of the molecule is c1ccc(-c2nc3cc(-c4ccc5c(c4)c4cc(-c6ccc7c(c6)c6ccccc6n7-c6nc(-c7ccccc7)c7ccccc7n6)ccc4n5-c4ccccc4)ccc3nc2-n2c3ccccc3c3cc4c5c6ccccc6ccc5n(-c5ccccc5)c4cc32)cc1. The second-order valence-electron chi connectivity index (χ2n) is 24.5. The number of benzene rings is 14. The first kappa shape index (κ1) is 52.0. The number of para-hydroxylation sites is 5. The van der Waals surface area contributed by atoms with Crippen molar-refractivity contribution in [3.8, 4) is 67.9 Å². The van der Waals surface area contributed by atoms with Crippen LogP contribution in [0.3, 0.4) is 0 Å². The van der Waals surface area contributed by atoms with E-state index in [9.17, 15) is 0 Å². The number of aromatic nitrogens is 8. The molecule has 6 heterocycles. The molecule has 0 saturated heterocycles. The summed E-state index contributed by atoms with van der Waals surface area (Å²) in [6, 6.07) is 113. The smallest absolute Gasteiger partial charge is 0.235 e. The highest BCUT2D eigenvalue weighted by molar-refractivity contribution is 6.25. The third-order valence-electron chi connectivity index (χ3n) is 19.3. The fourth-order valence-corrected chi connectivity index (χ4v) is 15.1. The molecule has 0 spiro atoms. The Kier molecular flexibility index (Phi) is 11.3. The predicted octanol–water partition coefficient (Wildman–Crippen LogP) is 21.8. The van der Waals surface area contributed by atoms with Gasteiger partial charge in [-0.1, -0.05) is 206 Å². The van der Waals surface area contributed by atoms with Crippen LogP contribution in [0.2, 0.25) is 0 Å². The van der Waals surface area contributed by atoms with Gasteiger partial charge in [-0.2, -0.15) is 0 Å². The molecule has 0 radical (unpaired) electrons. The molecule has 0 aliphatic carbocycles. The van der Waals surface area contributed by atoms with Crippen molar-refractivity contribution in [2.24, 2.45) is 0 Å². The van der Waals surface area contributed by atoms with Gasteiger partial charge in [0.15, 0.2) is 5.82 Å². The van der Waals surface area contributed by atoms with E-state index >= 15 is 0 Å². The van der Waals surface area contributed by atoms with Crippen molar-refractivity contribution in [3.63, 3.8) is 0 Å². The second kappa shape index (κ2) is 20.4. The summed E-state index contributed by atoms with van der Waals surface area (Å²) in [6.45, 7) is 0. The highest BCUT2D eigenvalue weighted by Gasteiger charge is 2.25. The van der Waals surface area contributed by atoms with E-state index in [-0.39, 0.29) is 0 Å². The van der Waals surface area contributed by atoms with E-state index in [0.717, 1.165) is 155 Å². The van der Waals surface area contributed by atoms with Crippen LogP contribution in [0.15, 0.2) is 315 Å². The molecule has 0 atom stereocenters. The molecule has 8 heteroatoms. The molecule has 20 rings (SSSR count). The number of hydrogen-bond acceptors (Lipinski definition) is 4. The van der Waals surface area contributed by atoms with E-state index in [1.165, 1.54) is 27.1 Å². The highest BCUT2D eigenvalue weighted by atomic mass is 15.2. The van der Waals surface area contributed by atoms with Crippen LogP contribution in [0.1, 0.15) is 0 Å². The van der Waals surface area contributed by atoms with Crippen LogP contribution < -0.4 is 0 Å². The zero-order valence-electron chi connectivity index (χ0n) is 50.6. The van der Waals surface area contributed by atoms with Crippen LogP contribution >= 0.6 is 0 Å². The molecule has 0 amide bonds. The van der Waals surface area contributed by atoms with Gasteiger partial charge < -0.3 is 9.13 Å². The van der Waals surface area contributed by atoms with Crippen molar-refractivity contribution < 1.29 is 0 Å². The molecule has 0 saturated carbocycles. The van der Waals surface area contributed by atoms with Crippen molar-refractivity contribution in [2.45, 2.75) is 0 Å². The van der Waals surface area contributed by atoms with Crippen LogP contribution in [0.25, 0.3) is 188 Å². The number of nitrogens with zero attached hydrogens (tertiary/aromatic N) is 8. The average Bonchev–Trinajstić information content (AvgIpc) is 1.55. The van der Waals surface area contributed by atoms with E-state index in [4.69, 9.17) is 19.9 Å². The Morgan fingerprint density at radius 3 is 1.31 bits per heavy atom. The lowest BCUT2D eigenvalue weighted by Gasteiger charge is -2.15. The maximum Gasteiger partial charge on any atom is 0.235 e. The molecule has 436 valence electrons. The van der Waals surface area contributed by atoms with Crippen molar-refractivity contribution in [2.75, 3.05) is 0 Å². The molecular formula is C86H52N8. The Hall–Kier alpha value is -12.8. The lowest BCUT2D eigenvalue weighted by atomic mass is 9.99. The number of hydrogen-bond donors (Lipinski definition) is 0. The van der Waals surface area contributed by atoms with Gasteiger partial charge in [0.05, 0.1) is 66.4 Å². The van der Waals surface area contributed by atoms with Crippen molar-refractivity contribution in [1.29, 1.82) is 0 Å². The van der Waals surface area contributed by atoms with E-state index in [0.29, 0.717) is 5.95 Å². The van der Waals surface area contributed by atoms with Crippen molar-refractivity contribution >= 4 is 120 Å². The molecule has 94 heavy (non-hydrogen) atoms. The molecule has 0 fully saturated rings. The van der Waals surface area contributed by atoms with Crippen molar-refractivity contribution in [1.82, 2.24) is 38.2 Å². The monoisotopic (exact) mass is 1200 g/mol. The Labute approximate surface area is 538 Å². The van der Waals surface area contributed by atoms with Gasteiger partial charge in [0.2, 0.25) is 5.95 Å². The van der Waals surface area contributed by atoms with Gasteiger partial charge in [0, 0.05) is 71.0 Å². The Bertz CT molecular complexity index is 6520. The quantitative estimate of drug-likeness (QED) is 0.152. The van der Waals surface area contributed by atoms with Crippen LogP contribution in [0, 0.1) is 0 Å². The largest absolute Gasteiger partial charge is 0.309 e. The molecule has 20 aromatic rings. The molecule has 8 nitrogen and oxygen atoms in total. The molecule has 0 bridgehead atoms. The van der Waals surface area contributed by atoms with Crippen molar-refractivity contribution in [3.05, 3.63) is 315 Å². The van der Waals surface area contributed by atoms with Gasteiger partial charge in [-0.15, -0.1) is 0 Å². The average molecular weight is 1200 g/mol. The number of fused-ring (bicyclic) bond motifs is 16. The Morgan fingerprint density at radius 1 is 0.202 bits per heavy atom. The van der Waals surface area contributed by atoms with E-state index < -0.39 is 0 Å². The van der Waals surface area contributed by atoms with Gasteiger partial charge in [-0.05, 0) is 142 Å². The summed E-state index contributed by atoms with van der Waals surface area (Å²) in [5, 5.41) is 12.8. The van der Waals surface area contributed by atoms with Gasteiger partial charge in [0.25, 0.3) is 0 Å². The Morgan fingerprint density at radius 2 is 0.660 bits per heavy atom. The summed E-state index contributed by atoms with van der Waals surface area (Å²) >= 11 is 0. The maximum absolute atomic E-state index is 5.70. The topological polar surface area (TPSA) is 71.3 Å². The lowest BCUT2D eigenvalue weighted by Crippen LogP contribution is -2.04. The second-order valence-corrected chi connectivity index (χ2v) is 24.5. The third kappa shape index (κ3) is 7.87. The maximum atomic E-state index is 5.70. The minimum atomic E-state index is 0.640. The van der Waals surface area contributed by atoms with E-state index in [1.807, 2.05) is 12.1 Å². The number of rotatable bonds is 8. The first-order valence-corrected chi connectivity index (χ1v) is 31.9. The predicted molar refractivity (Wildman–Crippen MR) is 389 cm³/mol. The van der Waals surface area contributed by atoms with Gasteiger partial charge in [-0.25, -0.2) is 19.9 Å². The standard InChI is InChI=1S/C86H52N8/c1-5-22-54(23-6-1)83-65-33-15-18-34-71(65)89-86(90-83)94-75-36-20-17-31-63(75)66-47-56(41-45-78(66)94)57-39-43-76-67(48-57)68-49-58(40-44-77(68)91(76)60-26-9-3-10-27-60)59-37-42-72-73(50-59)87-84(55-24-7-2-8-25-55)85(88-72)93-74-35-19-16-32-64(74)69-51-70-81(52-80(69)93)92(61-28-11-4-12-29-61)79-46-38-53-21-13-14-30-62(53)82(70)79/h1-52H. The minimum absolute atomic E-state index is 0.640. The van der Waals surface area contributed by atoms with Gasteiger partial charge >= 0.3 is 0 Å². The fourth-order valence-electron chi connectivity index (χ4n) is 15.1. The summed E-state index contributed by atoms with van der Waals surface area (Å²) in [4.78, 5) is 22.0. The molecule has 0 N–H and O–H groups in total. The molecule has 0 aliphatic rings. The van der Waals surface area contributed by atoms with Gasteiger partial charge in [0.1, 0.15) is 5.69 Å². The summed E-state index contributed by atoms with van der Waals surface area (Å²) in [6.07, 6.45) is 0. The Balaban J connectivity index is 0.745. The molecule has 0 unspecified atom stereocenters. The van der Waals surface area contributed by atoms with Crippen LogP contribution in [0.4, 0.5) is 0 Å². The van der Waals surface area contributed by atoms with E-state index in [2.05, 4.69) is 322 Å². The highest BCUT2D eigenvalue weighted by Crippen LogP contribution is 2.45. The fraction of sp³-hybridized carbons (Fsp3) is 0. The summed E-state index contributed by atoms with van der Waals surface area (Å²) in [5.74, 6) is 1.42. The summed E-state index contributed by atoms with van der Waals surface area (Å²) < 4.78 is 9.39. The van der Waals surface area contributed by atoms with E-state index in [1.54, 1.807) is 0 Å². The zero-order valence-corrected chi connectivity index (χ0v) is 50.6. The minimum Gasteiger partial charge on any atom is -0.309 e. The summed E-state index contributed by atoms with van der Waals surface area (Å²) in [7, 11) is 0. The molecule has 14 aromatic carbocycles. The zero-order chi connectivity index (χ0) is 61.5. The van der Waals surface area contributed by atoms with Gasteiger partial charge in [-0.3, -0.25) is 9.13 Å². The lowest BCUT2D eigenvalue weighted by molar-refractivity contribution is 1.01. The normalized spacial score (nSPS) is 12.0. The van der Waals surface area contributed by atoms with Crippen LogP contribution in [0.5, 0.6) is 0 Å². The first-order chi connectivity index (χ1) is 46.6. The third-order valence-corrected chi connectivity index (χ3v) is 19.3.